The summed E-state index contributed by atoms with van der Waals surface area (Å²) in [5.74, 6) is 1.52. The molecule has 1 saturated carbocycles. The molecule has 3 aliphatic carbocycles. The molecule has 0 heterocycles. The number of rotatable bonds is 1. The summed E-state index contributed by atoms with van der Waals surface area (Å²) in [5.41, 5.74) is 3.58. The summed E-state index contributed by atoms with van der Waals surface area (Å²) in [7, 11) is 1.69. The molecule has 0 bridgehead atoms. The second kappa shape index (κ2) is 4.69. The van der Waals surface area contributed by atoms with Crippen LogP contribution in [-0.2, 0) is 11.2 Å². The minimum atomic E-state index is -0.481. The molecule has 4 rings (SSSR count). The zero-order chi connectivity index (χ0) is 15.5. The van der Waals surface area contributed by atoms with E-state index in [0.717, 1.165) is 25.0 Å². The molecular weight excluding hydrogens is 276 g/mol. The Bertz CT molecular complexity index is 675. The van der Waals surface area contributed by atoms with Crippen LogP contribution >= 0.6 is 0 Å². The average Bonchev–Trinajstić information content (AvgIpc) is 2.76. The lowest BCUT2D eigenvalue weighted by molar-refractivity contribution is -0.126. The lowest BCUT2D eigenvalue weighted by atomic mass is 9.59. The van der Waals surface area contributed by atoms with Gasteiger partial charge in [0.15, 0.2) is 0 Å². The van der Waals surface area contributed by atoms with E-state index in [9.17, 15) is 9.90 Å². The lowest BCUT2D eigenvalue weighted by Crippen LogP contribution is -2.41. The van der Waals surface area contributed by atoms with Gasteiger partial charge in [-0.1, -0.05) is 19.1 Å². The monoisotopic (exact) mass is 298 g/mol. The van der Waals surface area contributed by atoms with Gasteiger partial charge in [-0.3, -0.25) is 4.79 Å². The Kier molecular flexibility index (Phi) is 2.99. The summed E-state index contributed by atoms with van der Waals surface area (Å²) in [6, 6.07) is 6.26. The predicted molar refractivity (Wildman–Crippen MR) is 84.6 cm³/mol. The number of benzene rings is 1. The van der Waals surface area contributed by atoms with Gasteiger partial charge in [0.1, 0.15) is 11.5 Å². The van der Waals surface area contributed by atoms with Gasteiger partial charge in [-0.05, 0) is 54.0 Å². The molecule has 0 spiro atoms. The fourth-order valence-electron chi connectivity index (χ4n) is 4.93. The van der Waals surface area contributed by atoms with E-state index in [-0.39, 0.29) is 17.1 Å². The second-order valence-corrected chi connectivity index (χ2v) is 7.17. The average molecular weight is 298 g/mol. The van der Waals surface area contributed by atoms with E-state index in [0.29, 0.717) is 12.3 Å². The minimum Gasteiger partial charge on any atom is -0.497 e. The van der Waals surface area contributed by atoms with Gasteiger partial charge in [-0.15, -0.1) is 0 Å². The normalized spacial score (nSPS) is 36.2. The molecule has 4 atom stereocenters. The molecule has 22 heavy (non-hydrogen) atoms. The molecular formula is C19H22O3. The van der Waals surface area contributed by atoms with Crippen molar-refractivity contribution in [2.24, 2.45) is 17.3 Å². The lowest BCUT2D eigenvalue weighted by Gasteiger charge is -2.44. The standard InChI is InChI=1S/C19H22O3/c1-19-8-7-14-13-6-4-12(22-2)9-11(13)3-5-15(14)18(19)16(20)10-17(19)21/h4,6-7,9,15-16,18,20H,3,5,8,10H2,1-2H3/t15-,16-,18+,19-/m1/s1. The molecule has 1 aromatic rings. The number of Topliss-reactive ketones (excluding diaryl/α,β-unsaturated/α-hetero) is 1. The van der Waals surface area contributed by atoms with Gasteiger partial charge in [0.05, 0.1) is 13.2 Å². The smallest absolute Gasteiger partial charge is 0.142 e. The molecule has 0 unspecified atom stereocenters. The molecule has 3 heteroatoms. The summed E-state index contributed by atoms with van der Waals surface area (Å²) in [6.45, 7) is 2.05. The number of hydrogen-bond donors (Lipinski definition) is 1. The maximum absolute atomic E-state index is 12.3. The van der Waals surface area contributed by atoms with Crippen LogP contribution in [0.2, 0.25) is 0 Å². The van der Waals surface area contributed by atoms with Crippen LogP contribution in [0.3, 0.4) is 0 Å². The van der Waals surface area contributed by atoms with Gasteiger partial charge in [0.2, 0.25) is 0 Å². The minimum absolute atomic E-state index is 0.0789. The van der Waals surface area contributed by atoms with Crippen molar-refractivity contribution in [1.82, 2.24) is 0 Å². The summed E-state index contributed by atoms with van der Waals surface area (Å²) in [6.07, 6.45) is 4.85. The van der Waals surface area contributed by atoms with Gasteiger partial charge in [0, 0.05) is 17.8 Å². The molecule has 0 aliphatic heterocycles. The van der Waals surface area contributed by atoms with Crippen LogP contribution in [0.4, 0.5) is 0 Å². The first-order valence-corrected chi connectivity index (χ1v) is 8.13. The Hall–Kier alpha value is -1.61. The Balaban J connectivity index is 1.79. The summed E-state index contributed by atoms with van der Waals surface area (Å²) < 4.78 is 5.33. The van der Waals surface area contributed by atoms with Crippen molar-refractivity contribution in [2.45, 2.75) is 38.7 Å². The third kappa shape index (κ3) is 1.75. The maximum atomic E-state index is 12.3. The number of aliphatic hydroxyl groups is 1. The number of allylic oxidation sites excluding steroid dienone is 2. The van der Waals surface area contributed by atoms with Gasteiger partial charge in [-0.2, -0.15) is 0 Å². The molecule has 116 valence electrons. The highest BCUT2D eigenvalue weighted by atomic mass is 16.5. The third-order valence-corrected chi connectivity index (χ3v) is 6.11. The number of carbonyl (C=O) groups is 1. The SMILES string of the molecule is COc1ccc2c(c1)CC[C@@H]1C2=CC[C@]2(C)C(=O)C[C@@H](O)[C@H]12. The highest BCUT2D eigenvalue weighted by Gasteiger charge is 2.56. The molecule has 0 amide bonds. The molecule has 0 saturated heterocycles. The van der Waals surface area contributed by atoms with Gasteiger partial charge in [-0.25, -0.2) is 0 Å². The summed E-state index contributed by atoms with van der Waals surface area (Å²) in [5, 5.41) is 10.5. The number of fused-ring (bicyclic) bond motifs is 5. The number of methoxy groups -OCH3 is 1. The van der Waals surface area contributed by atoms with Crippen LogP contribution in [0, 0.1) is 17.3 Å². The first-order chi connectivity index (χ1) is 10.5. The quantitative estimate of drug-likeness (QED) is 0.867. The van der Waals surface area contributed by atoms with Crippen LogP contribution in [0.15, 0.2) is 24.3 Å². The molecule has 1 aromatic carbocycles. The Labute approximate surface area is 131 Å². The third-order valence-electron chi connectivity index (χ3n) is 6.11. The number of carbonyl (C=O) groups excluding carboxylic acids is 1. The second-order valence-electron chi connectivity index (χ2n) is 7.17. The van der Waals surface area contributed by atoms with Crippen molar-refractivity contribution in [3.05, 3.63) is 35.4 Å². The molecule has 3 nitrogen and oxygen atoms in total. The van der Waals surface area contributed by atoms with Crippen molar-refractivity contribution < 1.29 is 14.6 Å². The summed E-state index contributed by atoms with van der Waals surface area (Å²) >= 11 is 0. The number of aliphatic hydroxyl groups excluding tert-OH is 1. The number of aryl methyl sites for hydroxylation is 1. The van der Waals surface area contributed by atoms with Crippen LogP contribution in [0.5, 0.6) is 5.75 Å². The molecule has 3 aliphatic rings. The van der Waals surface area contributed by atoms with Gasteiger partial charge < -0.3 is 9.84 Å². The van der Waals surface area contributed by atoms with E-state index in [1.54, 1.807) is 7.11 Å². The van der Waals surface area contributed by atoms with Gasteiger partial charge in [0.25, 0.3) is 0 Å². The van der Waals surface area contributed by atoms with E-state index in [1.165, 1.54) is 16.7 Å². The van der Waals surface area contributed by atoms with E-state index in [2.05, 4.69) is 18.2 Å². The highest BCUT2D eigenvalue weighted by molar-refractivity contribution is 5.90. The fraction of sp³-hybridized carbons (Fsp3) is 0.526. The number of hydrogen-bond acceptors (Lipinski definition) is 3. The van der Waals surface area contributed by atoms with E-state index in [4.69, 9.17) is 4.74 Å². The van der Waals surface area contributed by atoms with Crippen LogP contribution < -0.4 is 4.74 Å². The van der Waals surface area contributed by atoms with Crippen molar-refractivity contribution in [3.63, 3.8) is 0 Å². The van der Waals surface area contributed by atoms with Crippen molar-refractivity contribution in [2.75, 3.05) is 7.11 Å². The first kappa shape index (κ1) is 14.0. The van der Waals surface area contributed by atoms with Crippen LogP contribution in [-0.4, -0.2) is 24.1 Å². The topological polar surface area (TPSA) is 46.5 Å². The molecule has 0 aromatic heterocycles. The zero-order valence-electron chi connectivity index (χ0n) is 13.1. The van der Waals surface area contributed by atoms with E-state index in [1.807, 2.05) is 13.0 Å². The fourth-order valence-corrected chi connectivity index (χ4v) is 4.93. The molecule has 1 fully saturated rings. The van der Waals surface area contributed by atoms with E-state index < -0.39 is 6.10 Å². The van der Waals surface area contributed by atoms with Crippen LogP contribution in [0.25, 0.3) is 5.57 Å². The van der Waals surface area contributed by atoms with Crippen molar-refractivity contribution in [1.29, 1.82) is 0 Å². The Morgan fingerprint density at radius 1 is 1.36 bits per heavy atom. The van der Waals surface area contributed by atoms with Crippen molar-refractivity contribution in [3.8, 4) is 5.75 Å². The Morgan fingerprint density at radius 2 is 2.18 bits per heavy atom. The number of ketones is 1. The highest BCUT2D eigenvalue weighted by Crippen LogP contribution is 2.57. The summed E-state index contributed by atoms with van der Waals surface area (Å²) in [4.78, 5) is 12.3. The number of ether oxygens (including phenoxy) is 1. The maximum Gasteiger partial charge on any atom is 0.142 e. The van der Waals surface area contributed by atoms with Crippen LogP contribution in [0.1, 0.15) is 37.3 Å². The molecule has 1 N–H and O–H groups in total. The molecule has 0 radical (unpaired) electrons. The largest absolute Gasteiger partial charge is 0.497 e. The van der Waals surface area contributed by atoms with Crippen molar-refractivity contribution >= 4 is 11.4 Å². The van der Waals surface area contributed by atoms with E-state index >= 15 is 0 Å². The Morgan fingerprint density at radius 3 is 2.95 bits per heavy atom. The van der Waals surface area contributed by atoms with Gasteiger partial charge >= 0.3 is 0 Å². The first-order valence-electron chi connectivity index (χ1n) is 8.13. The predicted octanol–water partition coefficient (Wildman–Crippen LogP) is 3.00. The zero-order valence-corrected chi connectivity index (χ0v) is 13.1.